The minimum absolute atomic E-state index is 0.268. The van der Waals surface area contributed by atoms with E-state index < -0.39 is 23.5 Å². The summed E-state index contributed by atoms with van der Waals surface area (Å²) in [5, 5.41) is 0. The monoisotopic (exact) mass is 479 g/mol. The van der Waals surface area contributed by atoms with Gasteiger partial charge < -0.3 is 9.80 Å². The first-order valence-corrected chi connectivity index (χ1v) is 10.4. The first kappa shape index (κ1) is 23.6. The molecule has 1 aliphatic heterocycles. The lowest BCUT2D eigenvalue weighted by molar-refractivity contribution is -0.138. The topological polar surface area (TPSA) is 36.4 Å². The van der Waals surface area contributed by atoms with Crippen molar-refractivity contribution in [2.75, 3.05) is 31.1 Å². The van der Waals surface area contributed by atoms with E-state index in [1.165, 1.54) is 18.2 Å². The summed E-state index contributed by atoms with van der Waals surface area (Å²) in [6.07, 6.45) is -8.13. The highest BCUT2D eigenvalue weighted by molar-refractivity contribution is 6.01. The van der Waals surface area contributed by atoms with Crippen LogP contribution in [0, 0.1) is 0 Å². The molecule has 10 heteroatoms. The van der Waals surface area contributed by atoms with Crippen molar-refractivity contribution >= 4 is 11.7 Å². The Balaban J connectivity index is 1.47. The number of piperazine rings is 1. The molecule has 1 amide bonds. The second-order valence-corrected chi connectivity index (χ2v) is 7.80. The summed E-state index contributed by atoms with van der Waals surface area (Å²) in [7, 11) is 0. The average Bonchev–Trinajstić information content (AvgIpc) is 2.83. The smallest absolute Gasteiger partial charge is 0.353 e. The second kappa shape index (κ2) is 9.00. The van der Waals surface area contributed by atoms with Crippen LogP contribution in [-0.2, 0) is 12.4 Å². The van der Waals surface area contributed by atoms with Crippen LogP contribution in [0.2, 0.25) is 0 Å². The van der Waals surface area contributed by atoms with Gasteiger partial charge in [0.05, 0.1) is 11.1 Å². The molecular weight excluding hydrogens is 460 g/mol. The Hall–Kier alpha value is -3.56. The molecule has 0 radical (unpaired) electrons. The summed E-state index contributed by atoms with van der Waals surface area (Å²) in [6, 6.07) is 13.6. The summed E-state index contributed by atoms with van der Waals surface area (Å²) in [4.78, 5) is 20.5. The summed E-state index contributed by atoms with van der Waals surface area (Å²) in [5.74, 6) is 0.126. The molecule has 1 aliphatic rings. The minimum Gasteiger partial charge on any atom is -0.353 e. The maximum Gasteiger partial charge on any atom is 0.417 e. The SMILES string of the molecule is O=C(c1ccccc1-c1ccc(C(F)(F)F)cc1)N1CCN(c2ccc(C(F)(F)F)cn2)CC1. The van der Waals surface area contributed by atoms with Crippen molar-refractivity contribution in [3.8, 4) is 11.1 Å². The molecule has 0 spiro atoms. The molecule has 3 aromatic rings. The molecule has 0 aliphatic carbocycles. The van der Waals surface area contributed by atoms with Crippen LogP contribution in [0.5, 0.6) is 0 Å². The van der Waals surface area contributed by atoms with Gasteiger partial charge in [-0.25, -0.2) is 4.98 Å². The highest BCUT2D eigenvalue weighted by Crippen LogP contribution is 2.33. The number of rotatable bonds is 3. The predicted octanol–water partition coefficient (Wildman–Crippen LogP) is 5.75. The lowest BCUT2D eigenvalue weighted by atomic mass is 9.97. The Morgan fingerprint density at radius 2 is 1.32 bits per heavy atom. The third kappa shape index (κ3) is 5.00. The van der Waals surface area contributed by atoms with E-state index in [1.807, 2.05) is 0 Å². The zero-order chi connectivity index (χ0) is 24.5. The van der Waals surface area contributed by atoms with Gasteiger partial charge in [-0.2, -0.15) is 26.3 Å². The van der Waals surface area contributed by atoms with E-state index in [-0.39, 0.29) is 5.91 Å². The molecule has 0 N–H and O–H groups in total. The lowest BCUT2D eigenvalue weighted by Crippen LogP contribution is -2.49. The summed E-state index contributed by atoms with van der Waals surface area (Å²) in [6.45, 7) is 1.41. The first-order valence-electron chi connectivity index (χ1n) is 10.4. The Labute approximate surface area is 191 Å². The fourth-order valence-corrected chi connectivity index (χ4v) is 3.81. The van der Waals surface area contributed by atoms with Crippen LogP contribution in [-0.4, -0.2) is 42.0 Å². The third-order valence-electron chi connectivity index (χ3n) is 5.65. The molecule has 2 aromatic carbocycles. The zero-order valence-corrected chi connectivity index (χ0v) is 17.7. The number of alkyl halides is 6. The van der Waals surface area contributed by atoms with Gasteiger partial charge in [0.2, 0.25) is 0 Å². The van der Waals surface area contributed by atoms with Gasteiger partial charge in [-0.3, -0.25) is 4.79 Å². The number of amides is 1. The number of nitrogens with zero attached hydrogens (tertiary/aromatic N) is 3. The molecule has 0 atom stereocenters. The van der Waals surface area contributed by atoms with Gasteiger partial charge in [0.1, 0.15) is 5.82 Å². The van der Waals surface area contributed by atoms with Gasteiger partial charge in [-0.15, -0.1) is 0 Å². The second-order valence-electron chi connectivity index (χ2n) is 7.80. The highest BCUT2D eigenvalue weighted by Gasteiger charge is 2.32. The van der Waals surface area contributed by atoms with Gasteiger partial charge in [0, 0.05) is 37.9 Å². The number of halogens is 6. The molecule has 0 unspecified atom stereocenters. The molecular formula is C24H19F6N3O. The molecule has 1 saturated heterocycles. The van der Waals surface area contributed by atoms with Crippen molar-refractivity contribution in [1.29, 1.82) is 0 Å². The Morgan fingerprint density at radius 3 is 1.88 bits per heavy atom. The van der Waals surface area contributed by atoms with Crippen molar-refractivity contribution in [3.05, 3.63) is 83.6 Å². The molecule has 34 heavy (non-hydrogen) atoms. The van der Waals surface area contributed by atoms with Crippen molar-refractivity contribution < 1.29 is 31.1 Å². The number of hydrogen-bond acceptors (Lipinski definition) is 3. The van der Waals surface area contributed by atoms with Crippen LogP contribution in [0.15, 0.2) is 66.9 Å². The Morgan fingerprint density at radius 1 is 0.735 bits per heavy atom. The highest BCUT2D eigenvalue weighted by atomic mass is 19.4. The summed E-state index contributed by atoms with van der Waals surface area (Å²) >= 11 is 0. The summed E-state index contributed by atoms with van der Waals surface area (Å²) < 4.78 is 76.9. The van der Waals surface area contributed by atoms with Crippen LogP contribution < -0.4 is 4.90 Å². The number of aromatic nitrogens is 1. The minimum atomic E-state index is -4.46. The predicted molar refractivity (Wildman–Crippen MR) is 114 cm³/mol. The van der Waals surface area contributed by atoms with Crippen molar-refractivity contribution in [1.82, 2.24) is 9.88 Å². The fraction of sp³-hybridized carbons (Fsp3) is 0.250. The van der Waals surface area contributed by atoms with Crippen LogP contribution in [0.3, 0.4) is 0 Å². The van der Waals surface area contributed by atoms with E-state index in [9.17, 15) is 31.1 Å². The maximum atomic E-state index is 13.2. The number of carbonyl (C=O) groups excluding carboxylic acids is 1. The van der Waals surface area contributed by atoms with E-state index in [2.05, 4.69) is 4.98 Å². The van der Waals surface area contributed by atoms with E-state index in [4.69, 9.17) is 0 Å². The van der Waals surface area contributed by atoms with Gasteiger partial charge in [0.25, 0.3) is 5.91 Å². The quantitative estimate of drug-likeness (QED) is 0.449. The number of hydrogen-bond donors (Lipinski definition) is 0. The fourth-order valence-electron chi connectivity index (χ4n) is 3.81. The van der Waals surface area contributed by atoms with E-state index in [0.717, 1.165) is 24.4 Å². The van der Waals surface area contributed by atoms with Crippen molar-refractivity contribution in [2.45, 2.75) is 12.4 Å². The van der Waals surface area contributed by atoms with E-state index in [1.54, 1.807) is 34.1 Å². The molecule has 1 aromatic heterocycles. The van der Waals surface area contributed by atoms with Gasteiger partial charge in [0.15, 0.2) is 0 Å². The largest absolute Gasteiger partial charge is 0.417 e. The number of pyridine rings is 1. The molecule has 0 bridgehead atoms. The van der Waals surface area contributed by atoms with Crippen LogP contribution in [0.25, 0.3) is 11.1 Å². The van der Waals surface area contributed by atoms with Gasteiger partial charge >= 0.3 is 12.4 Å². The molecule has 4 rings (SSSR count). The third-order valence-corrected chi connectivity index (χ3v) is 5.65. The van der Waals surface area contributed by atoms with Crippen LogP contribution >= 0.6 is 0 Å². The number of carbonyl (C=O) groups is 1. The molecule has 2 heterocycles. The zero-order valence-electron chi connectivity index (χ0n) is 17.7. The number of anilines is 1. The van der Waals surface area contributed by atoms with Gasteiger partial charge in [-0.05, 0) is 41.5 Å². The van der Waals surface area contributed by atoms with E-state index >= 15 is 0 Å². The summed E-state index contributed by atoms with van der Waals surface area (Å²) in [5.41, 5.74) is -0.223. The van der Waals surface area contributed by atoms with E-state index in [0.29, 0.717) is 48.7 Å². The van der Waals surface area contributed by atoms with Gasteiger partial charge in [-0.1, -0.05) is 30.3 Å². The average molecular weight is 479 g/mol. The molecule has 178 valence electrons. The molecule has 4 nitrogen and oxygen atoms in total. The Bertz CT molecular complexity index is 1150. The van der Waals surface area contributed by atoms with Crippen LogP contribution in [0.1, 0.15) is 21.5 Å². The normalized spacial score (nSPS) is 14.9. The Kier molecular flexibility index (Phi) is 6.24. The number of benzene rings is 2. The van der Waals surface area contributed by atoms with Crippen LogP contribution in [0.4, 0.5) is 32.2 Å². The van der Waals surface area contributed by atoms with Crippen molar-refractivity contribution in [3.63, 3.8) is 0 Å². The lowest BCUT2D eigenvalue weighted by Gasteiger charge is -2.35. The van der Waals surface area contributed by atoms with Crippen molar-refractivity contribution in [2.24, 2.45) is 0 Å². The molecule has 1 fully saturated rings. The first-order chi connectivity index (χ1) is 16.0. The maximum absolute atomic E-state index is 13.2. The molecule has 0 saturated carbocycles. The standard InChI is InChI=1S/C24H19F6N3O/c25-23(26,27)17-7-5-16(6-8-17)19-3-1-2-4-20(19)22(34)33-13-11-32(12-14-33)21-10-9-18(15-31-21)24(28,29)30/h1-10,15H,11-14H2.